The van der Waals surface area contributed by atoms with Crippen LogP contribution in [0, 0.1) is 29.7 Å². The second-order valence-corrected chi connectivity index (χ2v) is 6.41. The van der Waals surface area contributed by atoms with Crippen molar-refractivity contribution >= 4 is 17.6 Å². The molecule has 1 radical (unpaired) electrons. The predicted octanol–water partition coefficient (Wildman–Crippen LogP) is 4.62. The van der Waals surface area contributed by atoms with Crippen LogP contribution in [0.15, 0.2) is 18.2 Å². The molecular formula is C17H22ClO2. The molecule has 1 aromatic rings. The molecule has 0 spiro atoms. The predicted molar refractivity (Wildman–Crippen MR) is 80.8 cm³/mol. The molecule has 1 aliphatic rings. The molecule has 0 aliphatic heterocycles. The Morgan fingerprint density at radius 2 is 2.15 bits per heavy atom. The van der Waals surface area contributed by atoms with E-state index in [1.807, 2.05) is 0 Å². The highest BCUT2D eigenvalue weighted by atomic mass is 35.5. The van der Waals surface area contributed by atoms with Gasteiger partial charge >= 0.3 is 5.97 Å². The fourth-order valence-electron chi connectivity index (χ4n) is 3.13. The maximum atomic E-state index is 11.8. The molecule has 1 aliphatic carbocycles. The summed E-state index contributed by atoms with van der Waals surface area (Å²) >= 11 is 5.83. The molecule has 3 heteroatoms. The summed E-state index contributed by atoms with van der Waals surface area (Å²) in [6, 6.07) is 7.75. The van der Waals surface area contributed by atoms with E-state index in [-0.39, 0.29) is 5.97 Å². The topological polar surface area (TPSA) is 26.3 Å². The summed E-state index contributed by atoms with van der Waals surface area (Å²) in [6.07, 6.45) is 2.04. The van der Waals surface area contributed by atoms with Crippen LogP contribution in [-0.2, 0) is 4.74 Å². The maximum absolute atomic E-state index is 11.8. The molecule has 2 nitrogen and oxygen atoms in total. The second kappa shape index (κ2) is 6.62. The lowest BCUT2D eigenvalue weighted by atomic mass is 9.98. The fraction of sp³-hybridized carbons (Fsp3) is 0.588. The van der Waals surface area contributed by atoms with Crippen LogP contribution in [0.3, 0.4) is 0 Å². The average molecular weight is 294 g/mol. The molecule has 0 saturated heterocycles. The van der Waals surface area contributed by atoms with Crippen LogP contribution in [0.2, 0.25) is 5.02 Å². The van der Waals surface area contributed by atoms with Crippen LogP contribution in [0.25, 0.3) is 0 Å². The lowest BCUT2D eigenvalue weighted by Gasteiger charge is -2.11. The number of halogens is 1. The van der Waals surface area contributed by atoms with E-state index < -0.39 is 0 Å². The minimum Gasteiger partial charge on any atom is -0.462 e. The van der Waals surface area contributed by atoms with Crippen molar-refractivity contribution in [1.82, 2.24) is 0 Å². The summed E-state index contributed by atoms with van der Waals surface area (Å²) in [7, 11) is 0. The number of hydrogen-bond donors (Lipinski definition) is 0. The third-order valence-corrected chi connectivity index (χ3v) is 4.82. The van der Waals surface area contributed by atoms with E-state index >= 15 is 0 Å². The van der Waals surface area contributed by atoms with Gasteiger partial charge in [-0.2, -0.15) is 0 Å². The maximum Gasteiger partial charge on any atom is 0.338 e. The van der Waals surface area contributed by atoms with Crippen LogP contribution in [0.5, 0.6) is 0 Å². The Morgan fingerprint density at radius 1 is 1.45 bits per heavy atom. The Balaban J connectivity index is 1.67. The van der Waals surface area contributed by atoms with Crippen LogP contribution in [0.4, 0.5) is 0 Å². The lowest BCUT2D eigenvalue weighted by molar-refractivity contribution is 0.0492. The fourth-order valence-corrected chi connectivity index (χ4v) is 3.31. The third kappa shape index (κ3) is 3.76. The monoisotopic (exact) mass is 293 g/mol. The summed E-state index contributed by atoms with van der Waals surface area (Å²) in [5, 5.41) is 0.529. The van der Waals surface area contributed by atoms with E-state index in [4.69, 9.17) is 16.3 Å². The Kier molecular flexibility index (Phi) is 5.09. The molecule has 0 N–H and O–H groups in total. The summed E-state index contributed by atoms with van der Waals surface area (Å²) in [4.78, 5) is 11.8. The van der Waals surface area contributed by atoms with Crippen molar-refractivity contribution in [2.45, 2.75) is 33.6 Å². The van der Waals surface area contributed by atoms with Crippen molar-refractivity contribution in [3.63, 3.8) is 0 Å². The number of rotatable bonds is 6. The normalized spacial score (nSPS) is 26.1. The van der Waals surface area contributed by atoms with Crippen LogP contribution in [-0.4, -0.2) is 12.6 Å². The second-order valence-electron chi connectivity index (χ2n) is 5.97. The number of benzene rings is 1. The average Bonchev–Trinajstić information content (AvgIpc) is 3.02. The molecule has 0 aromatic heterocycles. The van der Waals surface area contributed by atoms with Gasteiger partial charge in [-0.25, -0.2) is 4.79 Å². The Labute approximate surface area is 126 Å². The van der Waals surface area contributed by atoms with Gasteiger partial charge < -0.3 is 4.74 Å². The molecule has 20 heavy (non-hydrogen) atoms. The number of hydrogen-bond acceptors (Lipinski definition) is 2. The highest BCUT2D eigenvalue weighted by molar-refractivity contribution is 6.30. The van der Waals surface area contributed by atoms with E-state index in [0.717, 1.165) is 36.5 Å². The van der Waals surface area contributed by atoms with Crippen molar-refractivity contribution in [2.24, 2.45) is 23.7 Å². The molecule has 1 aromatic carbocycles. The smallest absolute Gasteiger partial charge is 0.338 e. The van der Waals surface area contributed by atoms with Gasteiger partial charge in [-0.15, -0.1) is 0 Å². The molecule has 3 atom stereocenters. The SMILES string of the molecule is CC(CCCOC(=O)c1[c]ccc(Cl)c1)C1C(C)C1C. The molecular weight excluding hydrogens is 272 g/mol. The molecule has 2 rings (SSSR count). The first-order valence-corrected chi connectivity index (χ1v) is 7.73. The molecule has 1 saturated carbocycles. The Morgan fingerprint density at radius 3 is 2.75 bits per heavy atom. The van der Waals surface area contributed by atoms with E-state index in [1.54, 1.807) is 18.2 Å². The van der Waals surface area contributed by atoms with Crippen molar-refractivity contribution in [3.05, 3.63) is 34.9 Å². The Hall–Kier alpha value is -1.02. The number of carbonyl (C=O) groups excluding carboxylic acids is 1. The van der Waals surface area contributed by atoms with Gasteiger partial charge in [-0.3, -0.25) is 0 Å². The van der Waals surface area contributed by atoms with Crippen LogP contribution in [0.1, 0.15) is 44.0 Å². The summed E-state index contributed by atoms with van der Waals surface area (Å²) in [5.74, 6) is 2.94. The molecule has 0 heterocycles. The van der Waals surface area contributed by atoms with Gasteiger partial charge in [0.05, 0.1) is 12.2 Å². The first-order chi connectivity index (χ1) is 9.50. The summed E-state index contributed by atoms with van der Waals surface area (Å²) in [5.41, 5.74) is 0.398. The first-order valence-electron chi connectivity index (χ1n) is 7.35. The summed E-state index contributed by atoms with van der Waals surface area (Å²) in [6.45, 7) is 7.41. The van der Waals surface area contributed by atoms with Crippen molar-refractivity contribution < 1.29 is 9.53 Å². The van der Waals surface area contributed by atoms with Crippen LogP contribution >= 0.6 is 11.6 Å². The minimum atomic E-state index is -0.340. The van der Waals surface area contributed by atoms with Gasteiger partial charge in [0.25, 0.3) is 0 Å². The van der Waals surface area contributed by atoms with Gasteiger partial charge in [-0.05, 0) is 54.7 Å². The van der Waals surface area contributed by atoms with Crippen molar-refractivity contribution in [2.75, 3.05) is 6.61 Å². The molecule has 1 fully saturated rings. The zero-order chi connectivity index (χ0) is 14.7. The van der Waals surface area contributed by atoms with E-state index in [1.165, 1.54) is 0 Å². The van der Waals surface area contributed by atoms with Crippen LogP contribution < -0.4 is 0 Å². The Bertz CT molecular complexity index is 464. The van der Waals surface area contributed by atoms with Gasteiger partial charge in [0.1, 0.15) is 0 Å². The van der Waals surface area contributed by atoms with Gasteiger partial charge in [-0.1, -0.05) is 38.4 Å². The highest BCUT2D eigenvalue weighted by Gasteiger charge is 2.45. The largest absolute Gasteiger partial charge is 0.462 e. The summed E-state index contributed by atoms with van der Waals surface area (Å²) < 4.78 is 5.26. The number of carbonyl (C=O) groups is 1. The zero-order valence-electron chi connectivity index (χ0n) is 12.4. The number of esters is 1. The standard InChI is InChI=1S/C17H22ClO2/c1-11(16-12(2)13(16)3)6-5-9-20-17(19)14-7-4-8-15(18)10-14/h4,8,10-13,16H,5-6,9H2,1-3H3. The van der Waals surface area contributed by atoms with Crippen molar-refractivity contribution in [3.8, 4) is 0 Å². The number of ether oxygens (including phenoxy) is 1. The molecule has 0 amide bonds. The molecule has 3 unspecified atom stereocenters. The quantitative estimate of drug-likeness (QED) is 0.565. The van der Waals surface area contributed by atoms with Gasteiger partial charge in [0.2, 0.25) is 0 Å². The van der Waals surface area contributed by atoms with E-state index in [2.05, 4.69) is 26.8 Å². The van der Waals surface area contributed by atoms with Gasteiger partial charge in [0, 0.05) is 5.02 Å². The van der Waals surface area contributed by atoms with E-state index in [0.29, 0.717) is 17.2 Å². The highest BCUT2D eigenvalue weighted by Crippen LogP contribution is 2.51. The van der Waals surface area contributed by atoms with Gasteiger partial charge in [0.15, 0.2) is 0 Å². The third-order valence-electron chi connectivity index (χ3n) is 4.58. The van der Waals surface area contributed by atoms with Crippen molar-refractivity contribution in [1.29, 1.82) is 0 Å². The van der Waals surface area contributed by atoms with E-state index in [9.17, 15) is 4.79 Å². The minimum absolute atomic E-state index is 0.340. The zero-order valence-corrected chi connectivity index (χ0v) is 13.1. The molecule has 109 valence electrons. The molecule has 0 bridgehead atoms. The first kappa shape index (κ1) is 15.4. The lowest BCUT2D eigenvalue weighted by Crippen LogP contribution is -2.08.